The van der Waals surface area contributed by atoms with Gasteiger partial charge in [0.25, 0.3) is 0 Å². The lowest BCUT2D eigenvalue weighted by atomic mass is 9.74. The minimum Gasteiger partial charge on any atom is -0.252 e. The maximum Gasteiger partial charge on any atom is 0.158 e. The van der Waals surface area contributed by atoms with Crippen LogP contribution in [0, 0.1) is 22.7 Å². The van der Waals surface area contributed by atoms with Gasteiger partial charge in [0.1, 0.15) is 12.1 Å². The van der Waals surface area contributed by atoms with Gasteiger partial charge in [-0.3, -0.25) is 9.97 Å². The Morgan fingerprint density at radius 2 is 0.532 bits per heavy atom. The Morgan fingerprint density at radius 1 is 0.306 bits per heavy atom. The molecule has 0 amide bonds. The summed E-state index contributed by atoms with van der Waals surface area (Å²) in [7, 11) is 0. The monoisotopic (exact) mass is 812 g/mol. The minimum absolute atomic E-state index is 0.0716. The summed E-state index contributed by atoms with van der Waals surface area (Å²) < 4.78 is 0. The topological polar surface area (TPSA) is 99.1 Å². The van der Waals surface area contributed by atoms with Crippen molar-refractivity contribution >= 4 is 0 Å². The number of hydrogen-bond acceptors (Lipinski definition) is 6. The molecule has 62 heavy (non-hydrogen) atoms. The van der Waals surface area contributed by atoms with Gasteiger partial charge in [-0.1, -0.05) is 180 Å². The average molecular weight is 813 g/mol. The Hall–Kier alpha value is -6.76. The van der Waals surface area contributed by atoms with Crippen molar-refractivity contribution < 1.29 is 0 Å². The molecule has 0 aliphatic carbocycles. The molecule has 2 aromatic heterocycles. The molecule has 6 nitrogen and oxygen atoms in total. The van der Waals surface area contributed by atoms with Crippen molar-refractivity contribution in [1.82, 2.24) is 19.9 Å². The highest BCUT2D eigenvalue weighted by Crippen LogP contribution is 2.55. The number of hydrogen-bond donors (Lipinski definition) is 0. The van der Waals surface area contributed by atoms with Crippen LogP contribution in [-0.4, -0.2) is 19.9 Å². The first-order valence-electron chi connectivity index (χ1n) is 21.3. The van der Waals surface area contributed by atoms with Crippen LogP contribution in [0.2, 0.25) is 0 Å². The molecule has 310 valence electrons. The van der Waals surface area contributed by atoms with Crippen LogP contribution in [0.25, 0.3) is 67.0 Å². The first-order valence-corrected chi connectivity index (χ1v) is 21.3. The third kappa shape index (κ3) is 8.70. The first kappa shape index (κ1) is 43.3. The summed E-state index contributed by atoms with van der Waals surface area (Å²) in [5.41, 5.74) is 15.8. The van der Waals surface area contributed by atoms with E-state index in [1.807, 2.05) is 0 Å². The molecule has 6 heteroatoms. The van der Waals surface area contributed by atoms with Crippen LogP contribution in [0.5, 0.6) is 0 Å². The fourth-order valence-electron chi connectivity index (χ4n) is 7.99. The molecule has 0 aliphatic heterocycles. The third-order valence-corrected chi connectivity index (χ3v) is 11.7. The lowest BCUT2D eigenvalue weighted by Gasteiger charge is -2.29. The predicted octanol–water partition coefficient (Wildman–Crippen LogP) is 14.2. The van der Waals surface area contributed by atoms with Crippen LogP contribution in [0.1, 0.15) is 117 Å². The van der Waals surface area contributed by atoms with E-state index in [0.29, 0.717) is 11.4 Å². The quantitative estimate of drug-likeness (QED) is 0.166. The zero-order valence-electron chi connectivity index (χ0n) is 38.2. The van der Waals surface area contributed by atoms with Crippen molar-refractivity contribution in [3.8, 4) is 79.2 Å². The van der Waals surface area contributed by atoms with Crippen LogP contribution in [-0.2, 0) is 21.7 Å². The predicted molar refractivity (Wildman–Crippen MR) is 254 cm³/mol. The van der Waals surface area contributed by atoms with Crippen LogP contribution in [0.15, 0.2) is 122 Å². The lowest BCUT2D eigenvalue weighted by Crippen LogP contribution is -2.11. The summed E-state index contributed by atoms with van der Waals surface area (Å²) in [4.78, 5) is 19.4. The third-order valence-electron chi connectivity index (χ3n) is 11.7. The van der Waals surface area contributed by atoms with E-state index in [9.17, 15) is 10.5 Å². The molecule has 7 aromatic rings. The van der Waals surface area contributed by atoms with Crippen molar-refractivity contribution in [3.05, 3.63) is 155 Å². The Morgan fingerprint density at radius 3 is 0.694 bits per heavy atom. The molecule has 0 fully saturated rings. The van der Waals surface area contributed by atoms with Gasteiger partial charge in [-0.2, -0.15) is 10.5 Å². The summed E-state index contributed by atoms with van der Waals surface area (Å²) in [5, 5.41) is 19.8. The molecule has 5 aromatic carbocycles. The molecule has 0 aliphatic rings. The van der Waals surface area contributed by atoms with Crippen molar-refractivity contribution in [3.63, 3.8) is 0 Å². The lowest BCUT2D eigenvalue weighted by molar-refractivity contribution is 0.590. The molecule has 0 radical (unpaired) electrons. The van der Waals surface area contributed by atoms with Crippen LogP contribution >= 0.6 is 0 Å². The van der Waals surface area contributed by atoms with Gasteiger partial charge in [0, 0.05) is 33.4 Å². The number of nitriles is 2. The standard InChI is InChI=1S/C56H56N6/c1-53(2,3)39-21-13-35(14-22-39)47-48(36-15-23-40(24-16-36)54(4,5)6)52(46-34-60-44(30-58)32-62-46)50(38-19-27-42(28-20-38)56(10,11)12)49(37-17-25-41(26-18-37)55(7,8)9)51(47)45-33-59-43(29-57)31-61-45/h13-28,31-34H,1-12H3. The summed E-state index contributed by atoms with van der Waals surface area (Å²) in [5.74, 6) is 0. The molecule has 0 unspecified atom stereocenters. The molecule has 7 rings (SSSR count). The molecule has 0 atom stereocenters. The van der Waals surface area contributed by atoms with Gasteiger partial charge in [-0.15, -0.1) is 0 Å². The Bertz CT molecular complexity index is 2470. The van der Waals surface area contributed by atoms with Gasteiger partial charge in [-0.05, 0) is 66.2 Å². The molecule has 2 heterocycles. The zero-order valence-corrected chi connectivity index (χ0v) is 38.2. The van der Waals surface area contributed by atoms with Gasteiger partial charge in [-0.25, -0.2) is 9.97 Å². The van der Waals surface area contributed by atoms with E-state index in [4.69, 9.17) is 9.97 Å². The van der Waals surface area contributed by atoms with E-state index in [2.05, 4.69) is 202 Å². The van der Waals surface area contributed by atoms with Crippen molar-refractivity contribution in [1.29, 1.82) is 10.5 Å². The van der Waals surface area contributed by atoms with Gasteiger partial charge in [0.15, 0.2) is 11.4 Å². The maximum atomic E-state index is 9.91. The Labute approximate surface area is 368 Å². The molecule has 0 N–H and O–H groups in total. The number of aromatic nitrogens is 4. The second kappa shape index (κ2) is 16.3. The largest absolute Gasteiger partial charge is 0.252 e. The molecular weight excluding hydrogens is 757 g/mol. The average Bonchev–Trinajstić information content (AvgIpc) is 3.24. The maximum absolute atomic E-state index is 9.91. The van der Waals surface area contributed by atoms with E-state index in [0.717, 1.165) is 55.6 Å². The molecule has 0 spiro atoms. The summed E-state index contributed by atoms with van der Waals surface area (Å²) in [6.07, 6.45) is 6.58. The second-order valence-electron chi connectivity index (χ2n) is 20.4. The van der Waals surface area contributed by atoms with Crippen molar-refractivity contribution in [2.24, 2.45) is 0 Å². The van der Waals surface area contributed by atoms with Crippen LogP contribution in [0.3, 0.4) is 0 Å². The first-order chi connectivity index (χ1) is 29.2. The number of rotatable bonds is 6. The molecular formula is C56H56N6. The fraction of sp³-hybridized carbons (Fsp3) is 0.286. The van der Waals surface area contributed by atoms with E-state index in [-0.39, 0.29) is 33.0 Å². The van der Waals surface area contributed by atoms with Crippen molar-refractivity contribution in [2.75, 3.05) is 0 Å². The number of nitrogens with zero attached hydrogens (tertiary/aromatic N) is 6. The highest BCUT2D eigenvalue weighted by Gasteiger charge is 2.32. The van der Waals surface area contributed by atoms with Gasteiger partial charge < -0.3 is 0 Å². The van der Waals surface area contributed by atoms with E-state index >= 15 is 0 Å². The summed E-state index contributed by atoms with van der Waals surface area (Å²) in [6.45, 7) is 26.7. The zero-order chi connectivity index (χ0) is 44.8. The highest BCUT2D eigenvalue weighted by atomic mass is 14.8. The molecule has 0 saturated carbocycles. The Kier molecular flexibility index (Phi) is 11.4. The molecule has 0 bridgehead atoms. The molecule has 0 saturated heterocycles. The van der Waals surface area contributed by atoms with Gasteiger partial charge in [0.2, 0.25) is 0 Å². The number of benzene rings is 5. The van der Waals surface area contributed by atoms with Gasteiger partial charge in [0.05, 0.1) is 36.2 Å². The van der Waals surface area contributed by atoms with Crippen LogP contribution < -0.4 is 0 Å². The normalized spacial score (nSPS) is 12.2. The highest BCUT2D eigenvalue weighted by molar-refractivity contribution is 6.14. The minimum atomic E-state index is -0.0716. The SMILES string of the molecule is CC(C)(C)c1ccc(-c2c(-c3ccc(C(C)(C)C)cc3)c(-c3cnc(C#N)cn3)c(-c3ccc(C(C)(C)C)cc3)c(-c3ccc(C(C)(C)C)cc3)c2-c2cnc(C#N)cn2)cc1. The van der Waals surface area contributed by atoms with E-state index in [1.54, 1.807) is 24.8 Å². The second-order valence-corrected chi connectivity index (χ2v) is 20.4. The Balaban J connectivity index is 1.79. The van der Waals surface area contributed by atoms with Gasteiger partial charge >= 0.3 is 0 Å². The van der Waals surface area contributed by atoms with E-state index < -0.39 is 0 Å². The summed E-state index contributed by atoms with van der Waals surface area (Å²) in [6, 6.07) is 39.8. The van der Waals surface area contributed by atoms with Crippen molar-refractivity contribution in [2.45, 2.75) is 105 Å². The fourth-order valence-corrected chi connectivity index (χ4v) is 7.99. The van der Waals surface area contributed by atoms with Crippen LogP contribution in [0.4, 0.5) is 0 Å². The van der Waals surface area contributed by atoms with E-state index in [1.165, 1.54) is 22.3 Å². The summed E-state index contributed by atoms with van der Waals surface area (Å²) >= 11 is 0. The smallest absolute Gasteiger partial charge is 0.158 e.